The number of hydrogen-bond donors (Lipinski definition) is 2. The molecule has 1 atom stereocenters. The average Bonchev–Trinajstić information content (AvgIpc) is 2.27. The molecule has 1 amide bonds. The number of rotatable bonds is 6. The number of carboxylic acid groups (broad SMARTS) is 1. The monoisotopic (exact) mass is 279 g/mol. The molecule has 1 unspecified atom stereocenters. The first kappa shape index (κ1) is 14.9. The van der Waals surface area contributed by atoms with Crippen LogP contribution in [0.2, 0.25) is 0 Å². The third-order valence-corrected chi connectivity index (χ3v) is 4.82. The molecule has 1 aliphatic rings. The van der Waals surface area contributed by atoms with E-state index in [1.54, 1.807) is 0 Å². The van der Waals surface area contributed by atoms with Crippen LogP contribution in [-0.2, 0) is 24.2 Å². The molecule has 1 fully saturated rings. The molecule has 0 aliphatic carbocycles. The van der Waals surface area contributed by atoms with Crippen LogP contribution in [0.1, 0.15) is 19.3 Å². The summed E-state index contributed by atoms with van der Waals surface area (Å²) in [6, 6.07) is 0. The average molecular weight is 279 g/mol. The van der Waals surface area contributed by atoms with Gasteiger partial charge in [-0.15, -0.1) is 0 Å². The van der Waals surface area contributed by atoms with E-state index in [1.807, 2.05) is 0 Å². The van der Waals surface area contributed by atoms with Crippen molar-refractivity contribution < 1.29 is 27.9 Å². The SMILES string of the molecule is O=C(O)COCCNC(=O)C1CCCCS1(=O)=O. The largest absolute Gasteiger partial charge is 0.480 e. The zero-order chi connectivity index (χ0) is 13.6. The number of carboxylic acids is 1. The highest BCUT2D eigenvalue weighted by Gasteiger charge is 2.34. The summed E-state index contributed by atoms with van der Waals surface area (Å²) in [5.41, 5.74) is 0. The summed E-state index contributed by atoms with van der Waals surface area (Å²) in [4.78, 5) is 21.8. The summed E-state index contributed by atoms with van der Waals surface area (Å²) in [5, 5.41) is 9.78. The molecule has 0 spiro atoms. The molecule has 1 saturated heterocycles. The molecule has 104 valence electrons. The Hall–Kier alpha value is -1.15. The molecule has 1 aliphatic heterocycles. The Balaban J connectivity index is 2.30. The summed E-state index contributed by atoms with van der Waals surface area (Å²) < 4.78 is 28.0. The van der Waals surface area contributed by atoms with Gasteiger partial charge in [-0.25, -0.2) is 13.2 Å². The van der Waals surface area contributed by atoms with Crippen molar-refractivity contribution in [2.75, 3.05) is 25.5 Å². The van der Waals surface area contributed by atoms with Gasteiger partial charge in [-0.1, -0.05) is 6.42 Å². The molecule has 8 heteroatoms. The number of aliphatic carboxylic acids is 1. The second-order valence-corrected chi connectivity index (χ2v) is 6.39. The van der Waals surface area contributed by atoms with Crippen molar-refractivity contribution in [1.29, 1.82) is 0 Å². The van der Waals surface area contributed by atoms with E-state index in [0.29, 0.717) is 12.8 Å². The maximum Gasteiger partial charge on any atom is 0.329 e. The van der Waals surface area contributed by atoms with E-state index in [1.165, 1.54) is 0 Å². The molecule has 0 saturated carbocycles. The predicted octanol–water partition coefficient (Wildman–Crippen LogP) is -0.829. The van der Waals surface area contributed by atoms with Crippen LogP contribution in [0.25, 0.3) is 0 Å². The first-order chi connectivity index (χ1) is 8.43. The van der Waals surface area contributed by atoms with Crippen molar-refractivity contribution in [3.8, 4) is 0 Å². The summed E-state index contributed by atoms with van der Waals surface area (Å²) in [7, 11) is -3.33. The molecular formula is C10H17NO6S. The molecule has 1 heterocycles. The summed E-state index contributed by atoms with van der Waals surface area (Å²) in [5.74, 6) is -1.55. The molecule has 0 bridgehead atoms. The van der Waals surface area contributed by atoms with E-state index in [0.717, 1.165) is 6.42 Å². The normalized spacial score (nSPS) is 22.3. The van der Waals surface area contributed by atoms with Crippen LogP contribution in [0, 0.1) is 0 Å². The van der Waals surface area contributed by atoms with Crippen molar-refractivity contribution in [3.05, 3.63) is 0 Å². The third-order valence-electron chi connectivity index (χ3n) is 2.64. The van der Waals surface area contributed by atoms with Gasteiger partial charge in [-0.05, 0) is 12.8 Å². The Labute approximate surface area is 105 Å². The highest BCUT2D eigenvalue weighted by Crippen LogP contribution is 2.19. The van der Waals surface area contributed by atoms with Crippen LogP contribution in [0.5, 0.6) is 0 Å². The van der Waals surface area contributed by atoms with Gasteiger partial charge in [-0.2, -0.15) is 0 Å². The first-order valence-corrected chi connectivity index (χ1v) is 7.44. The number of sulfone groups is 1. The van der Waals surface area contributed by atoms with Crippen molar-refractivity contribution in [1.82, 2.24) is 5.32 Å². The lowest BCUT2D eigenvalue weighted by atomic mass is 10.2. The zero-order valence-electron chi connectivity index (χ0n) is 9.92. The van der Waals surface area contributed by atoms with E-state index in [9.17, 15) is 18.0 Å². The molecule has 7 nitrogen and oxygen atoms in total. The second kappa shape index (κ2) is 6.69. The van der Waals surface area contributed by atoms with Crippen molar-refractivity contribution in [2.24, 2.45) is 0 Å². The second-order valence-electron chi connectivity index (χ2n) is 4.09. The smallest absolute Gasteiger partial charge is 0.329 e. The molecule has 1 rings (SSSR count). The van der Waals surface area contributed by atoms with Crippen LogP contribution in [-0.4, -0.2) is 56.2 Å². The maximum atomic E-state index is 11.6. The van der Waals surface area contributed by atoms with E-state index in [2.05, 4.69) is 5.32 Å². The van der Waals surface area contributed by atoms with Crippen molar-refractivity contribution in [3.63, 3.8) is 0 Å². The summed E-state index contributed by atoms with van der Waals surface area (Å²) in [6.45, 7) is -0.277. The van der Waals surface area contributed by atoms with Crippen LogP contribution < -0.4 is 5.32 Å². The van der Waals surface area contributed by atoms with E-state index < -0.39 is 33.6 Å². The molecule has 18 heavy (non-hydrogen) atoms. The number of amides is 1. The molecule has 2 N–H and O–H groups in total. The Bertz CT molecular complexity index is 405. The lowest BCUT2D eigenvalue weighted by Crippen LogP contribution is -2.43. The summed E-state index contributed by atoms with van der Waals surface area (Å²) in [6.07, 6.45) is 1.69. The van der Waals surface area contributed by atoms with E-state index in [4.69, 9.17) is 9.84 Å². The van der Waals surface area contributed by atoms with Crippen LogP contribution in [0.3, 0.4) is 0 Å². The van der Waals surface area contributed by atoms with Gasteiger partial charge in [0.05, 0.1) is 12.4 Å². The predicted molar refractivity (Wildman–Crippen MR) is 62.9 cm³/mol. The van der Waals surface area contributed by atoms with Gasteiger partial charge in [-0.3, -0.25) is 4.79 Å². The molecular weight excluding hydrogens is 262 g/mol. The zero-order valence-corrected chi connectivity index (χ0v) is 10.7. The lowest BCUT2D eigenvalue weighted by Gasteiger charge is -2.21. The van der Waals surface area contributed by atoms with Crippen molar-refractivity contribution in [2.45, 2.75) is 24.5 Å². The maximum absolute atomic E-state index is 11.6. The third kappa shape index (κ3) is 4.61. The molecule has 0 radical (unpaired) electrons. The quantitative estimate of drug-likeness (QED) is 0.614. The Morgan fingerprint density at radius 2 is 2.06 bits per heavy atom. The Morgan fingerprint density at radius 3 is 2.67 bits per heavy atom. The van der Waals surface area contributed by atoms with Gasteiger partial charge in [0, 0.05) is 6.54 Å². The van der Waals surface area contributed by atoms with Crippen molar-refractivity contribution >= 4 is 21.7 Å². The lowest BCUT2D eigenvalue weighted by molar-refractivity contribution is -0.142. The number of hydrogen-bond acceptors (Lipinski definition) is 5. The highest BCUT2D eigenvalue weighted by molar-refractivity contribution is 7.92. The van der Waals surface area contributed by atoms with Crippen LogP contribution >= 0.6 is 0 Å². The van der Waals surface area contributed by atoms with Gasteiger partial charge < -0.3 is 15.2 Å². The number of carbonyl (C=O) groups is 2. The Morgan fingerprint density at radius 1 is 1.33 bits per heavy atom. The van der Waals surface area contributed by atoms with E-state index in [-0.39, 0.29) is 18.9 Å². The minimum absolute atomic E-state index is 0.0464. The molecule has 0 aromatic rings. The molecule has 0 aromatic heterocycles. The number of ether oxygens (including phenoxy) is 1. The van der Waals surface area contributed by atoms with Crippen LogP contribution in [0.15, 0.2) is 0 Å². The number of carbonyl (C=O) groups excluding carboxylic acids is 1. The first-order valence-electron chi connectivity index (χ1n) is 5.72. The number of nitrogens with one attached hydrogen (secondary N) is 1. The minimum atomic E-state index is -3.33. The topological polar surface area (TPSA) is 110 Å². The molecule has 0 aromatic carbocycles. The fourth-order valence-electron chi connectivity index (χ4n) is 1.77. The van der Waals surface area contributed by atoms with Gasteiger partial charge in [0.15, 0.2) is 9.84 Å². The van der Waals surface area contributed by atoms with Gasteiger partial charge in [0.1, 0.15) is 11.9 Å². The van der Waals surface area contributed by atoms with Crippen LogP contribution in [0.4, 0.5) is 0 Å². The van der Waals surface area contributed by atoms with E-state index >= 15 is 0 Å². The van der Waals surface area contributed by atoms with Gasteiger partial charge >= 0.3 is 5.97 Å². The standard InChI is InChI=1S/C10H17NO6S/c12-9(13)7-17-5-4-11-10(14)8-3-1-2-6-18(8,15)16/h8H,1-7H2,(H,11,14)(H,12,13). The van der Waals surface area contributed by atoms with Gasteiger partial charge in [0.25, 0.3) is 0 Å². The Kier molecular flexibility index (Phi) is 5.54. The summed E-state index contributed by atoms with van der Waals surface area (Å²) >= 11 is 0. The fourth-order valence-corrected chi connectivity index (χ4v) is 3.59. The van der Waals surface area contributed by atoms with Gasteiger partial charge in [0.2, 0.25) is 5.91 Å². The minimum Gasteiger partial charge on any atom is -0.480 e. The fraction of sp³-hybridized carbons (Fsp3) is 0.800. The highest BCUT2D eigenvalue weighted by atomic mass is 32.2.